The minimum atomic E-state index is -1.20. The summed E-state index contributed by atoms with van der Waals surface area (Å²) in [7, 11) is -1.20. The van der Waals surface area contributed by atoms with Crippen LogP contribution in [0.1, 0.15) is 67.3 Å². The minimum absolute atomic E-state index is 0.0126. The average molecular weight is 624 g/mol. The summed E-state index contributed by atoms with van der Waals surface area (Å²) in [4.78, 5) is 31.1. The third-order valence-corrected chi connectivity index (χ3v) is 10.9. The van der Waals surface area contributed by atoms with E-state index in [0.29, 0.717) is 47.8 Å². The molecule has 238 valence electrons. The number of anilines is 1. The lowest BCUT2D eigenvalue weighted by Gasteiger charge is -2.34. The second-order valence-corrected chi connectivity index (χ2v) is 19.4. The number of nitrogens with one attached hydrogen (secondary N) is 2. The molecule has 0 bridgehead atoms. The molecule has 3 heterocycles. The molecule has 2 aliphatic carbocycles. The van der Waals surface area contributed by atoms with Crippen LogP contribution in [0.15, 0.2) is 24.4 Å². The van der Waals surface area contributed by atoms with Crippen LogP contribution in [0.4, 0.5) is 10.2 Å². The lowest BCUT2D eigenvalue weighted by atomic mass is 9.75. The van der Waals surface area contributed by atoms with E-state index in [-0.39, 0.29) is 23.6 Å². The van der Waals surface area contributed by atoms with Crippen LogP contribution < -0.4 is 10.6 Å². The number of aryl methyl sites for hydroxylation is 2. The number of amides is 2. The molecule has 0 saturated heterocycles. The summed E-state index contributed by atoms with van der Waals surface area (Å²) < 4.78 is 24.8. The molecule has 10 nitrogen and oxygen atoms in total. The van der Waals surface area contributed by atoms with Gasteiger partial charge in [-0.2, -0.15) is 14.6 Å². The van der Waals surface area contributed by atoms with E-state index in [1.165, 1.54) is 19.3 Å². The first-order valence-electron chi connectivity index (χ1n) is 15.8. The Morgan fingerprint density at radius 3 is 2.61 bits per heavy atom. The smallest absolute Gasteiger partial charge is 0.270 e. The van der Waals surface area contributed by atoms with Gasteiger partial charge in [-0.05, 0) is 88.5 Å². The molecule has 0 radical (unpaired) electrons. The van der Waals surface area contributed by atoms with E-state index in [1.54, 1.807) is 33.8 Å². The van der Waals surface area contributed by atoms with Gasteiger partial charge in [0.15, 0.2) is 0 Å². The van der Waals surface area contributed by atoms with Gasteiger partial charge < -0.3 is 15.4 Å². The summed E-state index contributed by atoms with van der Waals surface area (Å²) in [5, 5.41) is 14.6. The van der Waals surface area contributed by atoms with Gasteiger partial charge in [0.2, 0.25) is 11.9 Å². The number of rotatable bonds is 12. The Bertz CT molecular complexity index is 1510. The number of ether oxygens (including phenoxy) is 1. The van der Waals surface area contributed by atoms with E-state index in [1.807, 2.05) is 20.8 Å². The highest BCUT2D eigenvalue weighted by Crippen LogP contribution is 2.58. The Morgan fingerprint density at radius 2 is 1.93 bits per heavy atom. The Labute approximate surface area is 260 Å². The molecular formula is C32H46FN7O3Si. The minimum Gasteiger partial charge on any atom is -0.360 e. The first-order chi connectivity index (χ1) is 20.9. The highest BCUT2D eigenvalue weighted by molar-refractivity contribution is 6.76. The van der Waals surface area contributed by atoms with Gasteiger partial charge in [0.25, 0.3) is 5.91 Å². The summed E-state index contributed by atoms with van der Waals surface area (Å²) >= 11 is 0. The molecule has 3 aromatic heterocycles. The standard InChI is InChI=1S/C32H46FN7O3Si/c1-7-39-25(12-16-34-39)30(41)37-28(23-9-8-13-32(19-23)14-15-32)31(42)36-26-11-10-24(29(33)35-26)27-21(2)38-40(22(27)3)20-43-17-18-44(4,5)6/h10-12,16,23,28H,7-9,13-15,17-20H2,1-6H3,(H,37,41)(H,35,36,42)/t23-,28-/m0/s1. The maximum Gasteiger partial charge on any atom is 0.270 e. The predicted molar refractivity (Wildman–Crippen MR) is 170 cm³/mol. The van der Waals surface area contributed by atoms with Crippen molar-refractivity contribution in [2.24, 2.45) is 11.3 Å². The number of nitrogens with zero attached hydrogens (tertiary/aromatic N) is 5. The van der Waals surface area contributed by atoms with Gasteiger partial charge in [-0.1, -0.05) is 26.1 Å². The van der Waals surface area contributed by atoms with Crippen molar-refractivity contribution in [2.45, 2.75) is 104 Å². The third-order valence-electron chi connectivity index (χ3n) is 9.18. The topological polar surface area (TPSA) is 116 Å². The lowest BCUT2D eigenvalue weighted by Crippen LogP contribution is -2.50. The summed E-state index contributed by atoms with van der Waals surface area (Å²) in [6.45, 7) is 14.1. The number of carbonyl (C=O) groups is 2. The van der Waals surface area contributed by atoms with Crippen LogP contribution in [0.3, 0.4) is 0 Å². The number of carbonyl (C=O) groups excluding carboxylic acids is 2. The van der Waals surface area contributed by atoms with Gasteiger partial charge in [0, 0.05) is 44.2 Å². The van der Waals surface area contributed by atoms with Gasteiger partial charge in [-0.25, -0.2) is 9.67 Å². The zero-order valence-corrected chi connectivity index (χ0v) is 27.9. The van der Waals surface area contributed by atoms with Crippen molar-refractivity contribution in [2.75, 3.05) is 11.9 Å². The Balaban J connectivity index is 1.31. The normalized spacial score (nSPS) is 18.3. The van der Waals surface area contributed by atoms with Gasteiger partial charge in [0.05, 0.1) is 5.69 Å². The fourth-order valence-electron chi connectivity index (χ4n) is 6.44. The molecular weight excluding hydrogens is 577 g/mol. The summed E-state index contributed by atoms with van der Waals surface area (Å²) in [5.41, 5.74) is 3.14. The van der Waals surface area contributed by atoms with Gasteiger partial charge >= 0.3 is 0 Å². The van der Waals surface area contributed by atoms with Crippen LogP contribution in [0.25, 0.3) is 11.1 Å². The molecule has 2 saturated carbocycles. The Hall–Kier alpha value is -3.38. The fraction of sp³-hybridized carbons (Fsp3) is 0.594. The second-order valence-electron chi connectivity index (χ2n) is 13.8. The molecule has 12 heteroatoms. The third kappa shape index (κ3) is 7.28. The van der Waals surface area contributed by atoms with Crippen LogP contribution in [0, 0.1) is 31.1 Å². The molecule has 3 aromatic rings. The highest BCUT2D eigenvalue weighted by atomic mass is 28.3. The fourth-order valence-corrected chi connectivity index (χ4v) is 7.20. The molecule has 0 aliphatic heterocycles. The molecule has 44 heavy (non-hydrogen) atoms. The van der Waals surface area contributed by atoms with Crippen molar-refractivity contribution in [3.8, 4) is 11.1 Å². The van der Waals surface area contributed by atoms with Crippen molar-refractivity contribution in [3.05, 3.63) is 47.4 Å². The Kier molecular flexibility index (Phi) is 9.40. The lowest BCUT2D eigenvalue weighted by molar-refractivity contribution is -0.119. The number of hydrogen-bond acceptors (Lipinski definition) is 6. The van der Waals surface area contributed by atoms with E-state index in [0.717, 1.165) is 31.0 Å². The second kappa shape index (κ2) is 12.9. The van der Waals surface area contributed by atoms with Gasteiger partial charge in [-0.3, -0.25) is 14.3 Å². The Morgan fingerprint density at radius 1 is 1.16 bits per heavy atom. The van der Waals surface area contributed by atoms with E-state index >= 15 is 4.39 Å². The maximum absolute atomic E-state index is 15.5. The van der Waals surface area contributed by atoms with Crippen LogP contribution in [-0.2, 0) is 22.8 Å². The number of aromatic nitrogens is 5. The number of halogens is 1. The van der Waals surface area contributed by atoms with Crippen LogP contribution in [-0.4, -0.2) is 57.1 Å². The zero-order chi connectivity index (χ0) is 31.6. The zero-order valence-electron chi connectivity index (χ0n) is 26.9. The SMILES string of the molecule is CCn1nccc1C(=O)N[C@H](C(=O)Nc1ccc(-c2c(C)nn(COCC[Si](C)(C)C)c2C)c(F)n1)[C@H]1CCCC2(CC2)C1. The summed E-state index contributed by atoms with van der Waals surface area (Å²) in [6, 6.07) is 5.16. The van der Waals surface area contributed by atoms with Crippen molar-refractivity contribution in [3.63, 3.8) is 0 Å². The quantitative estimate of drug-likeness (QED) is 0.147. The molecule has 2 amide bonds. The maximum atomic E-state index is 15.5. The van der Waals surface area contributed by atoms with E-state index in [4.69, 9.17) is 4.74 Å². The molecule has 2 aliphatic rings. The van der Waals surface area contributed by atoms with E-state index in [2.05, 4.69) is 45.5 Å². The van der Waals surface area contributed by atoms with Crippen molar-refractivity contribution in [1.29, 1.82) is 0 Å². The van der Waals surface area contributed by atoms with Crippen LogP contribution >= 0.6 is 0 Å². The van der Waals surface area contributed by atoms with Crippen molar-refractivity contribution < 1.29 is 18.7 Å². The summed E-state index contributed by atoms with van der Waals surface area (Å²) in [5.74, 6) is -1.35. The molecule has 5 rings (SSSR count). The predicted octanol–water partition coefficient (Wildman–Crippen LogP) is 5.94. The first-order valence-corrected chi connectivity index (χ1v) is 19.5. The first kappa shape index (κ1) is 32.0. The average Bonchev–Trinajstić information content (AvgIpc) is 3.40. The monoisotopic (exact) mass is 623 g/mol. The highest BCUT2D eigenvalue weighted by Gasteiger charge is 2.48. The van der Waals surface area contributed by atoms with Gasteiger partial charge in [0.1, 0.15) is 24.3 Å². The van der Waals surface area contributed by atoms with Gasteiger partial charge in [-0.15, -0.1) is 0 Å². The molecule has 1 spiro atoms. The molecule has 2 fully saturated rings. The van der Waals surface area contributed by atoms with Crippen LogP contribution in [0.2, 0.25) is 25.7 Å². The summed E-state index contributed by atoms with van der Waals surface area (Å²) in [6.07, 6.45) is 7.85. The molecule has 0 aromatic carbocycles. The molecule has 2 N–H and O–H groups in total. The van der Waals surface area contributed by atoms with Crippen molar-refractivity contribution >= 4 is 25.7 Å². The number of pyridine rings is 1. The molecule has 0 unspecified atom stereocenters. The largest absolute Gasteiger partial charge is 0.360 e. The van der Waals surface area contributed by atoms with E-state index < -0.39 is 20.1 Å². The van der Waals surface area contributed by atoms with Crippen LogP contribution in [0.5, 0.6) is 0 Å². The van der Waals surface area contributed by atoms with Crippen molar-refractivity contribution in [1.82, 2.24) is 29.9 Å². The number of hydrogen-bond donors (Lipinski definition) is 2. The molecule has 2 atom stereocenters. The van der Waals surface area contributed by atoms with E-state index in [9.17, 15) is 9.59 Å².